The lowest BCUT2D eigenvalue weighted by molar-refractivity contribution is 0.514. The SMILES string of the molecule is CC1=CC(C(C)(C)C)=C[C+](C)C1=C=C1C(Br)=CC(Br)C=C1Br. The minimum absolute atomic E-state index is 0.163. The minimum Gasteiger partial charge on any atom is -0.0799 e. The van der Waals surface area contributed by atoms with Gasteiger partial charge in [-0.05, 0) is 66.5 Å². The van der Waals surface area contributed by atoms with Crippen LogP contribution in [0.2, 0.25) is 0 Å². The second kappa shape index (κ2) is 6.73. The summed E-state index contributed by atoms with van der Waals surface area (Å²) in [5.41, 5.74) is 8.61. The van der Waals surface area contributed by atoms with Crippen molar-refractivity contribution >= 4 is 47.8 Å². The Bertz CT molecular complexity index is 650. The van der Waals surface area contributed by atoms with Gasteiger partial charge in [0.2, 0.25) is 0 Å². The van der Waals surface area contributed by atoms with Crippen LogP contribution in [0.1, 0.15) is 34.6 Å². The van der Waals surface area contributed by atoms with Crippen LogP contribution in [0.25, 0.3) is 0 Å². The van der Waals surface area contributed by atoms with E-state index < -0.39 is 0 Å². The summed E-state index contributed by atoms with van der Waals surface area (Å²) >= 11 is 10.9. The Morgan fingerprint density at radius 2 is 1.68 bits per heavy atom. The molecule has 0 heterocycles. The zero-order valence-electron chi connectivity index (χ0n) is 13.5. The van der Waals surface area contributed by atoms with Gasteiger partial charge < -0.3 is 0 Å². The van der Waals surface area contributed by atoms with Crippen LogP contribution in [0.4, 0.5) is 0 Å². The molecule has 0 aliphatic heterocycles. The second-order valence-electron chi connectivity index (χ2n) is 6.71. The van der Waals surface area contributed by atoms with E-state index in [4.69, 9.17) is 0 Å². The van der Waals surface area contributed by atoms with E-state index in [0.717, 1.165) is 14.5 Å². The summed E-state index contributed by atoms with van der Waals surface area (Å²) in [6.07, 6.45) is 8.81. The number of rotatable bonds is 0. The maximum Gasteiger partial charge on any atom is 0.153 e. The molecule has 0 aromatic carbocycles. The summed E-state index contributed by atoms with van der Waals surface area (Å²) in [7, 11) is 0. The molecule has 2 aliphatic carbocycles. The first-order chi connectivity index (χ1) is 10.1. The zero-order chi connectivity index (χ0) is 16.7. The molecule has 3 heteroatoms. The lowest BCUT2D eigenvalue weighted by Gasteiger charge is -2.21. The van der Waals surface area contributed by atoms with Gasteiger partial charge in [-0.25, -0.2) is 0 Å². The molecule has 22 heavy (non-hydrogen) atoms. The number of allylic oxidation sites excluding steroid dienone is 9. The molecule has 0 unspecified atom stereocenters. The second-order valence-corrected chi connectivity index (χ2v) is 9.47. The van der Waals surface area contributed by atoms with Gasteiger partial charge in [0.05, 0.1) is 21.9 Å². The van der Waals surface area contributed by atoms with Gasteiger partial charge in [0.15, 0.2) is 5.57 Å². The van der Waals surface area contributed by atoms with E-state index in [-0.39, 0.29) is 10.2 Å². The zero-order valence-corrected chi connectivity index (χ0v) is 18.3. The molecule has 0 bridgehead atoms. The molecule has 2 aliphatic rings. The highest BCUT2D eigenvalue weighted by atomic mass is 79.9. The summed E-state index contributed by atoms with van der Waals surface area (Å²) in [5, 5.41) is 0. The number of hydrogen-bond donors (Lipinski definition) is 0. The largest absolute Gasteiger partial charge is 0.153 e. The Labute approximate surface area is 159 Å². The van der Waals surface area contributed by atoms with E-state index in [0.29, 0.717) is 0 Å². The third-order valence-electron chi connectivity index (χ3n) is 3.74. The highest BCUT2D eigenvalue weighted by Crippen LogP contribution is 2.39. The quantitative estimate of drug-likeness (QED) is 0.191. The molecule has 0 radical (unpaired) electrons. The molecule has 0 N–H and O–H groups in total. The van der Waals surface area contributed by atoms with Crippen molar-refractivity contribution < 1.29 is 0 Å². The minimum atomic E-state index is 0.163. The predicted octanol–water partition coefficient (Wildman–Crippen LogP) is 7.30. The van der Waals surface area contributed by atoms with Gasteiger partial charge in [0, 0.05) is 37.8 Å². The van der Waals surface area contributed by atoms with Crippen molar-refractivity contribution in [2.75, 3.05) is 0 Å². The van der Waals surface area contributed by atoms with Crippen molar-refractivity contribution in [3.63, 3.8) is 0 Å². The van der Waals surface area contributed by atoms with E-state index in [2.05, 4.69) is 112 Å². The summed E-state index contributed by atoms with van der Waals surface area (Å²) in [4.78, 5) is 0.243. The van der Waals surface area contributed by atoms with Crippen molar-refractivity contribution in [3.8, 4) is 0 Å². The molecule has 0 aromatic heterocycles. The van der Waals surface area contributed by atoms with E-state index in [1.165, 1.54) is 22.6 Å². The molecule has 0 amide bonds. The van der Waals surface area contributed by atoms with Crippen LogP contribution in [-0.4, -0.2) is 4.83 Å². The lowest BCUT2D eigenvalue weighted by Crippen LogP contribution is -2.13. The van der Waals surface area contributed by atoms with E-state index in [9.17, 15) is 0 Å². The van der Waals surface area contributed by atoms with Crippen molar-refractivity contribution in [2.45, 2.75) is 39.4 Å². The molecule has 0 fully saturated rings. The van der Waals surface area contributed by atoms with Gasteiger partial charge in [-0.15, -0.1) is 0 Å². The van der Waals surface area contributed by atoms with Crippen molar-refractivity contribution in [1.82, 2.24) is 0 Å². The van der Waals surface area contributed by atoms with Crippen LogP contribution in [0, 0.1) is 11.3 Å². The highest BCUT2D eigenvalue weighted by Gasteiger charge is 2.30. The maximum absolute atomic E-state index is 3.65. The van der Waals surface area contributed by atoms with Crippen LogP contribution in [0.5, 0.6) is 0 Å². The smallest absolute Gasteiger partial charge is 0.0799 e. The van der Waals surface area contributed by atoms with Gasteiger partial charge in [0.25, 0.3) is 0 Å². The van der Waals surface area contributed by atoms with Gasteiger partial charge in [0.1, 0.15) is 0 Å². The Morgan fingerprint density at radius 1 is 1.14 bits per heavy atom. The van der Waals surface area contributed by atoms with Gasteiger partial charge >= 0.3 is 0 Å². The van der Waals surface area contributed by atoms with Crippen LogP contribution in [-0.2, 0) is 0 Å². The fourth-order valence-electron chi connectivity index (χ4n) is 2.45. The normalized spacial score (nSPS) is 22.7. The van der Waals surface area contributed by atoms with Crippen LogP contribution in [0.3, 0.4) is 0 Å². The first kappa shape index (κ1) is 18.1. The van der Waals surface area contributed by atoms with Gasteiger partial charge in [-0.2, -0.15) is 0 Å². The highest BCUT2D eigenvalue weighted by molar-refractivity contribution is 9.12. The summed E-state index contributed by atoms with van der Waals surface area (Å²) in [6, 6.07) is 0. The molecule has 0 nitrogen and oxygen atoms in total. The molecule has 0 spiro atoms. The number of halogens is 3. The molecule has 0 atom stereocenters. The lowest BCUT2D eigenvalue weighted by atomic mass is 9.77. The Hall–Kier alpha value is -0.210. The molecule has 0 saturated carbocycles. The Balaban J connectivity index is 2.54. The summed E-state index contributed by atoms with van der Waals surface area (Å²) in [6.45, 7) is 11.1. The van der Waals surface area contributed by atoms with Crippen molar-refractivity contribution in [1.29, 1.82) is 0 Å². The third kappa shape index (κ3) is 4.00. The summed E-state index contributed by atoms with van der Waals surface area (Å²) in [5.74, 6) is 1.26. The average Bonchev–Trinajstić information content (AvgIpc) is 2.34. The Kier molecular flexibility index (Phi) is 5.54. The first-order valence-electron chi connectivity index (χ1n) is 7.24. The van der Waals surface area contributed by atoms with E-state index in [1.807, 2.05) is 0 Å². The van der Waals surface area contributed by atoms with Gasteiger partial charge in [-0.1, -0.05) is 28.1 Å². The van der Waals surface area contributed by atoms with E-state index in [1.54, 1.807) is 0 Å². The average molecular weight is 488 g/mol. The monoisotopic (exact) mass is 485 g/mol. The molecule has 116 valence electrons. The number of hydrogen-bond acceptors (Lipinski definition) is 0. The molecule has 2 rings (SSSR count). The number of alkyl halides is 1. The van der Waals surface area contributed by atoms with Crippen LogP contribution in [0.15, 0.2) is 61.3 Å². The van der Waals surface area contributed by atoms with Crippen molar-refractivity contribution in [2.24, 2.45) is 5.41 Å². The van der Waals surface area contributed by atoms with Crippen LogP contribution < -0.4 is 0 Å². The predicted molar refractivity (Wildman–Crippen MR) is 107 cm³/mol. The standard InChI is InChI=1S/C19H20Br3/c1-11-6-13(19(3,4)5)7-12(2)15(11)10-16-17(21)8-14(20)9-18(16)22/h6-9,14H,1-5H3/q+1. The topological polar surface area (TPSA) is 0 Å². The first-order valence-corrected chi connectivity index (χ1v) is 9.75. The van der Waals surface area contributed by atoms with Crippen molar-refractivity contribution in [3.05, 3.63) is 67.2 Å². The van der Waals surface area contributed by atoms with Crippen LogP contribution >= 0.6 is 47.8 Å². The molecule has 0 aromatic rings. The molecule has 0 saturated heterocycles. The van der Waals surface area contributed by atoms with Gasteiger partial charge in [-0.3, -0.25) is 0 Å². The fraction of sp³-hybridized carbons (Fsp3) is 0.368. The molecular formula is C19H20Br3+. The Morgan fingerprint density at radius 3 is 2.14 bits per heavy atom. The van der Waals surface area contributed by atoms with E-state index >= 15 is 0 Å². The third-order valence-corrected chi connectivity index (χ3v) is 5.59. The fourth-order valence-corrected chi connectivity index (χ4v) is 5.15. The maximum atomic E-state index is 3.65. The molecular weight excluding hydrogens is 468 g/mol. The summed E-state index contributed by atoms with van der Waals surface area (Å²) < 4.78 is 2.12.